The van der Waals surface area contributed by atoms with Crippen molar-refractivity contribution in [1.29, 1.82) is 0 Å². The SMILES string of the molecule is COc1ccccc1C(=O)OCC(=O)N1CCOc2ccc(C)cc21. The number of benzene rings is 2. The van der Waals surface area contributed by atoms with Crippen LogP contribution >= 0.6 is 0 Å². The van der Waals surface area contributed by atoms with Crippen LogP contribution in [0, 0.1) is 6.92 Å². The number of hydrogen-bond donors (Lipinski definition) is 0. The zero-order chi connectivity index (χ0) is 17.8. The highest BCUT2D eigenvalue weighted by Crippen LogP contribution is 2.32. The summed E-state index contributed by atoms with van der Waals surface area (Å²) >= 11 is 0. The van der Waals surface area contributed by atoms with Crippen LogP contribution in [0.2, 0.25) is 0 Å². The summed E-state index contributed by atoms with van der Waals surface area (Å²) < 4.78 is 15.9. The maximum atomic E-state index is 12.5. The molecule has 2 aromatic carbocycles. The highest BCUT2D eigenvalue weighted by Gasteiger charge is 2.25. The fourth-order valence-electron chi connectivity index (χ4n) is 2.68. The number of nitrogens with zero attached hydrogens (tertiary/aromatic N) is 1. The van der Waals surface area contributed by atoms with Crippen molar-refractivity contribution in [2.24, 2.45) is 0 Å². The maximum absolute atomic E-state index is 12.5. The van der Waals surface area contributed by atoms with E-state index in [2.05, 4.69) is 0 Å². The number of ether oxygens (including phenoxy) is 3. The Bertz CT molecular complexity index is 802. The fourth-order valence-corrected chi connectivity index (χ4v) is 2.68. The Hall–Kier alpha value is -3.02. The zero-order valence-corrected chi connectivity index (χ0v) is 14.2. The van der Waals surface area contributed by atoms with Gasteiger partial charge in [0.1, 0.15) is 23.7 Å². The molecule has 0 spiro atoms. The van der Waals surface area contributed by atoms with E-state index in [0.29, 0.717) is 30.3 Å². The van der Waals surface area contributed by atoms with Crippen molar-refractivity contribution < 1.29 is 23.8 Å². The summed E-state index contributed by atoms with van der Waals surface area (Å²) in [6.07, 6.45) is 0. The minimum Gasteiger partial charge on any atom is -0.496 e. The molecule has 0 unspecified atom stereocenters. The first-order valence-electron chi connectivity index (χ1n) is 7.94. The Labute approximate surface area is 145 Å². The van der Waals surface area contributed by atoms with E-state index in [1.807, 2.05) is 25.1 Å². The number of hydrogen-bond acceptors (Lipinski definition) is 5. The summed E-state index contributed by atoms with van der Waals surface area (Å²) in [7, 11) is 1.48. The average Bonchev–Trinajstić information content (AvgIpc) is 2.65. The van der Waals surface area contributed by atoms with Crippen LogP contribution in [0.15, 0.2) is 42.5 Å². The van der Waals surface area contributed by atoms with Crippen LogP contribution in [0.4, 0.5) is 5.69 Å². The van der Waals surface area contributed by atoms with Gasteiger partial charge in [0, 0.05) is 0 Å². The maximum Gasteiger partial charge on any atom is 0.342 e. The van der Waals surface area contributed by atoms with E-state index in [0.717, 1.165) is 5.56 Å². The molecular weight excluding hydrogens is 322 g/mol. The van der Waals surface area contributed by atoms with Crippen molar-refractivity contribution in [3.05, 3.63) is 53.6 Å². The third kappa shape index (κ3) is 3.57. The van der Waals surface area contributed by atoms with Crippen molar-refractivity contribution in [3.63, 3.8) is 0 Å². The van der Waals surface area contributed by atoms with Gasteiger partial charge in [-0.15, -0.1) is 0 Å². The minimum absolute atomic E-state index is 0.288. The number of aryl methyl sites for hydroxylation is 1. The van der Waals surface area contributed by atoms with Gasteiger partial charge < -0.3 is 19.1 Å². The van der Waals surface area contributed by atoms with Gasteiger partial charge in [0.25, 0.3) is 5.91 Å². The Morgan fingerprint density at radius 3 is 2.80 bits per heavy atom. The second-order valence-electron chi connectivity index (χ2n) is 5.64. The van der Waals surface area contributed by atoms with Crippen LogP contribution < -0.4 is 14.4 Å². The molecule has 2 aromatic rings. The average molecular weight is 341 g/mol. The lowest BCUT2D eigenvalue weighted by Gasteiger charge is -2.29. The van der Waals surface area contributed by atoms with E-state index in [1.165, 1.54) is 7.11 Å². The van der Waals surface area contributed by atoms with E-state index in [-0.39, 0.29) is 18.1 Å². The quantitative estimate of drug-likeness (QED) is 0.800. The Morgan fingerprint density at radius 1 is 1.20 bits per heavy atom. The van der Waals surface area contributed by atoms with Gasteiger partial charge >= 0.3 is 5.97 Å². The molecule has 3 rings (SSSR count). The summed E-state index contributed by atoms with van der Waals surface area (Å²) in [5.41, 5.74) is 2.01. The van der Waals surface area contributed by atoms with Crippen molar-refractivity contribution in [2.75, 3.05) is 31.8 Å². The monoisotopic (exact) mass is 341 g/mol. The number of carbonyl (C=O) groups excluding carboxylic acids is 2. The predicted octanol–water partition coefficient (Wildman–Crippen LogP) is 2.59. The third-order valence-corrected chi connectivity index (χ3v) is 3.93. The predicted molar refractivity (Wildman–Crippen MR) is 92.3 cm³/mol. The minimum atomic E-state index is -0.594. The van der Waals surface area contributed by atoms with Gasteiger partial charge in [-0.1, -0.05) is 18.2 Å². The van der Waals surface area contributed by atoms with Crippen LogP contribution in [0.25, 0.3) is 0 Å². The topological polar surface area (TPSA) is 65.1 Å². The lowest BCUT2D eigenvalue weighted by molar-refractivity contribution is -0.121. The molecule has 0 saturated carbocycles. The van der Waals surface area contributed by atoms with Gasteiger partial charge in [0.2, 0.25) is 0 Å². The zero-order valence-electron chi connectivity index (χ0n) is 14.2. The molecule has 6 heteroatoms. The standard InChI is InChI=1S/C19H19NO5/c1-13-7-8-17-15(11-13)20(9-10-24-17)18(21)12-25-19(22)14-5-3-4-6-16(14)23-2/h3-8,11H,9-10,12H2,1-2H3. The van der Waals surface area contributed by atoms with E-state index < -0.39 is 5.97 Å². The van der Waals surface area contributed by atoms with Gasteiger partial charge in [-0.05, 0) is 36.8 Å². The molecule has 0 bridgehead atoms. The summed E-state index contributed by atoms with van der Waals surface area (Å²) in [5.74, 6) is 0.176. The van der Waals surface area contributed by atoms with Gasteiger partial charge in [0.05, 0.1) is 19.3 Å². The van der Waals surface area contributed by atoms with E-state index >= 15 is 0 Å². The van der Waals surface area contributed by atoms with E-state index in [9.17, 15) is 9.59 Å². The van der Waals surface area contributed by atoms with Crippen molar-refractivity contribution in [2.45, 2.75) is 6.92 Å². The van der Waals surface area contributed by atoms with Crippen LogP contribution in [0.1, 0.15) is 15.9 Å². The fraction of sp³-hybridized carbons (Fsp3) is 0.263. The first-order chi connectivity index (χ1) is 12.1. The van der Waals surface area contributed by atoms with Crippen LogP contribution in [-0.4, -0.2) is 38.7 Å². The van der Waals surface area contributed by atoms with E-state index in [4.69, 9.17) is 14.2 Å². The molecule has 130 valence electrons. The van der Waals surface area contributed by atoms with Gasteiger partial charge in [-0.25, -0.2) is 4.79 Å². The molecule has 0 atom stereocenters. The van der Waals surface area contributed by atoms with Gasteiger partial charge in [0.15, 0.2) is 6.61 Å². The van der Waals surface area contributed by atoms with Gasteiger partial charge in [-0.2, -0.15) is 0 Å². The Balaban J connectivity index is 1.70. The molecule has 25 heavy (non-hydrogen) atoms. The molecule has 0 aromatic heterocycles. The summed E-state index contributed by atoms with van der Waals surface area (Å²) in [6, 6.07) is 12.4. The molecule has 1 aliphatic heterocycles. The van der Waals surface area contributed by atoms with E-state index in [1.54, 1.807) is 29.2 Å². The molecule has 1 aliphatic rings. The highest BCUT2D eigenvalue weighted by atomic mass is 16.5. The largest absolute Gasteiger partial charge is 0.496 e. The van der Waals surface area contributed by atoms with Gasteiger partial charge in [-0.3, -0.25) is 4.79 Å². The molecular formula is C19H19NO5. The first kappa shape index (κ1) is 16.8. The first-order valence-corrected chi connectivity index (χ1v) is 7.94. The highest BCUT2D eigenvalue weighted by molar-refractivity contribution is 5.99. The molecule has 0 saturated heterocycles. The number of rotatable bonds is 4. The molecule has 0 radical (unpaired) electrons. The van der Waals surface area contributed by atoms with Crippen molar-refractivity contribution in [1.82, 2.24) is 0 Å². The number of fused-ring (bicyclic) bond motifs is 1. The molecule has 1 amide bonds. The molecule has 0 aliphatic carbocycles. The summed E-state index contributed by atoms with van der Waals surface area (Å²) in [4.78, 5) is 26.3. The lowest BCUT2D eigenvalue weighted by Crippen LogP contribution is -2.40. The number of amides is 1. The normalized spacial score (nSPS) is 12.8. The molecule has 0 fully saturated rings. The number of esters is 1. The summed E-state index contributed by atoms with van der Waals surface area (Å²) in [6.45, 7) is 2.42. The van der Waals surface area contributed by atoms with Crippen molar-refractivity contribution >= 4 is 17.6 Å². The molecule has 0 N–H and O–H groups in total. The smallest absolute Gasteiger partial charge is 0.342 e. The Kier molecular flexibility index (Phi) is 4.88. The number of para-hydroxylation sites is 1. The number of methoxy groups -OCH3 is 1. The molecule has 6 nitrogen and oxygen atoms in total. The van der Waals surface area contributed by atoms with Crippen molar-refractivity contribution in [3.8, 4) is 11.5 Å². The second-order valence-corrected chi connectivity index (χ2v) is 5.64. The van der Waals surface area contributed by atoms with Crippen LogP contribution in [0.3, 0.4) is 0 Å². The number of anilines is 1. The lowest BCUT2D eigenvalue weighted by atomic mass is 10.1. The molecule has 1 heterocycles. The summed E-state index contributed by atoms with van der Waals surface area (Å²) in [5, 5.41) is 0. The number of carbonyl (C=O) groups is 2. The third-order valence-electron chi connectivity index (χ3n) is 3.93. The van der Waals surface area contributed by atoms with Crippen LogP contribution in [-0.2, 0) is 9.53 Å². The van der Waals surface area contributed by atoms with Crippen LogP contribution in [0.5, 0.6) is 11.5 Å². The second kappa shape index (κ2) is 7.25. The Morgan fingerprint density at radius 2 is 2.00 bits per heavy atom.